The van der Waals surface area contributed by atoms with Gasteiger partial charge in [0.25, 0.3) is 0 Å². The van der Waals surface area contributed by atoms with Crippen molar-refractivity contribution in [2.24, 2.45) is 0 Å². The maximum absolute atomic E-state index is 12.1. The van der Waals surface area contributed by atoms with Gasteiger partial charge in [-0.2, -0.15) is 0 Å². The first-order valence-corrected chi connectivity index (χ1v) is 10.7. The van der Waals surface area contributed by atoms with Crippen molar-refractivity contribution in [2.45, 2.75) is 43.9 Å². The third-order valence-corrected chi connectivity index (χ3v) is 6.84. The molecule has 1 spiro atoms. The minimum absolute atomic E-state index is 0.0478. The van der Waals surface area contributed by atoms with Crippen LogP contribution in [0.4, 0.5) is 0 Å². The molecule has 0 radical (unpaired) electrons. The number of morpholine rings is 1. The van der Waals surface area contributed by atoms with Gasteiger partial charge in [0.05, 0.1) is 12.6 Å². The van der Waals surface area contributed by atoms with Gasteiger partial charge < -0.3 is 14.8 Å². The highest BCUT2D eigenvalue weighted by Crippen LogP contribution is 2.36. The topological polar surface area (TPSA) is 50.8 Å². The Balaban J connectivity index is 1.49. The fourth-order valence-electron chi connectivity index (χ4n) is 4.56. The summed E-state index contributed by atoms with van der Waals surface area (Å²) in [5.74, 6) is -0.0478. The van der Waals surface area contributed by atoms with Crippen LogP contribution in [0.15, 0.2) is 29.6 Å². The van der Waals surface area contributed by atoms with E-state index in [0.717, 1.165) is 51.9 Å². The van der Waals surface area contributed by atoms with Gasteiger partial charge >= 0.3 is 0 Å². The number of rotatable bonds is 5. The van der Waals surface area contributed by atoms with E-state index in [9.17, 15) is 4.79 Å². The lowest BCUT2D eigenvalue weighted by Crippen LogP contribution is -2.64. The molecule has 1 saturated carbocycles. The summed E-state index contributed by atoms with van der Waals surface area (Å²) in [6, 6.07) is 8.68. The minimum atomic E-state index is -0.272. The van der Waals surface area contributed by atoms with Gasteiger partial charge in [-0.15, -0.1) is 11.3 Å². The standard InChI is InChI=1S/C21H28N2O3S/c1-25-13-20(24)22-19-8-4-5-9-21(19)15-23(10-11-26-21)12-16-14-27-18-7-3-2-6-17(16)18/h2-3,6-7,14,19H,4-5,8-13,15H2,1H3,(H,22,24)/t19-,21+/m1/s1. The predicted molar refractivity (Wildman–Crippen MR) is 108 cm³/mol. The number of carbonyl (C=O) groups excluding carboxylic acids is 1. The molecule has 2 atom stereocenters. The van der Waals surface area contributed by atoms with Crippen molar-refractivity contribution in [2.75, 3.05) is 33.4 Å². The number of amides is 1. The summed E-state index contributed by atoms with van der Waals surface area (Å²) >= 11 is 1.82. The highest BCUT2D eigenvalue weighted by Gasteiger charge is 2.45. The van der Waals surface area contributed by atoms with Crippen LogP contribution in [0.5, 0.6) is 0 Å². The molecule has 1 aliphatic carbocycles. The Labute approximate surface area is 164 Å². The molecule has 1 amide bonds. The van der Waals surface area contributed by atoms with Crippen molar-refractivity contribution >= 4 is 27.3 Å². The van der Waals surface area contributed by atoms with Gasteiger partial charge in [-0.1, -0.05) is 31.0 Å². The number of benzene rings is 1. The van der Waals surface area contributed by atoms with Gasteiger partial charge in [0.2, 0.25) is 5.91 Å². The highest BCUT2D eigenvalue weighted by atomic mass is 32.1. The Morgan fingerprint density at radius 3 is 3.19 bits per heavy atom. The van der Waals surface area contributed by atoms with E-state index in [1.807, 2.05) is 11.3 Å². The SMILES string of the molecule is COCC(=O)N[C@@H]1CCCC[C@]12CN(Cc1csc3ccccc13)CCO2. The van der Waals surface area contributed by atoms with Gasteiger partial charge in [-0.05, 0) is 35.2 Å². The number of thiophene rings is 1. The lowest BCUT2D eigenvalue weighted by atomic mass is 9.78. The zero-order valence-corrected chi connectivity index (χ0v) is 16.7. The summed E-state index contributed by atoms with van der Waals surface area (Å²) < 4.78 is 12.7. The average Bonchev–Trinajstić information content (AvgIpc) is 3.07. The number of nitrogens with zero attached hydrogens (tertiary/aromatic N) is 1. The van der Waals surface area contributed by atoms with Crippen LogP contribution in [0, 0.1) is 0 Å². The number of methoxy groups -OCH3 is 1. The first kappa shape index (κ1) is 18.9. The summed E-state index contributed by atoms with van der Waals surface area (Å²) in [5, 5.41) is 6.82. The molecule has 4 rings (SSSR count). The average molecular weight is 389 g/mol. The molecule has 2 aromatic rings. The van der Waals surface area contributed by atoms with Crippen LogP contribution in [0.3, 0.4) is 0 Å². The maximum atomic E-state index is 12.1. The van der Waals surface area contributed by atoms with Gasteiger partial charge in [0, 0.05) is 31.4 Å². The first-order chi connectivity index (χ1) is 13.2. The molecular weight excluding hydrogens is 360 g/mol. The van der Waals surface area contributed by atoms with Gasteiger partial charge in [0.15, 0.2) is 0 Å². The quantitative estimate of drug-likeness (QED) is 0.855. The second-order valence-electron chi connectivity index (χ2n) is 7.68. The van der Waals surface area contributed by atoms with E-state index in [-0.39, 0.29) is 24.2 Å². The molecule has 2 aliphatic rings. The summed E-state index contributed by atoms with van der Waals surface area (Å²) in [6.07, 6.45) is 4.28. The summed E-state index contributed by atoms with van der Waals surface area (Å²) in [7, 11) is 1.56. The van der Waals surface area contributed by atoms with E-state index >= 15 is 0 Å². The Morgan fingerprint density at radius 1 is 1.41 bits per heavy atom. The molecule has 1 aromatic carbocycles. The third-order valence-electron chi connectivity index (χ3n) is 5.83. The largest absolute Gasteiger partial charge is 0.375 e. The lowest BCUT2D eigenvalue weighted by Gasteiger charge is -2.49. The molecule has 1 aromatic heterocycles. The lowest BCUT2D eigenvalue weighted by molar-refractivity contribution is -0.152. The predicted octanol–water partition coefficient (Wildman–Crippen LogP) is 3.18. The summed E-state index contributed by atoms with van der Waals surface area (Å²) in [4.78, 5) is 14.6. The minimum Gasteiger partial charge on any atom is -0.375 e. The van der Waals surface area contributed by atoms with Crippen LogP contribution in [0.25, 0.3) is 10.1 Å². The van der Waals surface area contributed by atoms with Crippen molar-refractivity contribution in [1.82, 2.24) is 10.2 Å². The van der Waals surface area contributed by atoms with Crippen LogP contribution >= 0.6 is 11.3 Å². The summed E-state index contributed by atoms with van der Waals surface area (Å²) in [5.41, 5.74) is 1.12. The molecule has 1 N–H and O–H groups in total. The monoisotopic (exact) mass is 388 g/mol. The van der Waals surface area contributed by atoms with Crippen LogP contribution < -0.4 is 5.32 Å². The van der Waals surface area contributed by atoms with Crippen molar-refractivity contribution in [3.63, 3.8) is 0 Å². The van der Waals surface area contributed by atoms with Crippen molar-refractivity contribution in [1.29, 1.82) is 0 Å². The molecule has 0 bridgehead atoms. The van der Waals surface area contributed by atoms with E-state index < -0.39 is 0 Å². The number of nitrogens with one attached hydrogen (secondary N) is 1. The second kappa shape index (κ2) is 8.27. The fourth-order valence-corrected chi connectivity index (χ4v) is 5.51. The molecule has 27 heavy (non-hydrogen) atoms. The molecule has 2 heterocycles. The molecule has 1 aliphatic heterocycles. The Hall–Kier alpha value is -1.47. The number of hydrogen-bond donors (Lipinski definition) is 1. The van der Waals surface area contributed by atoms with E-state index in [0.29, 0.717) is 0 Å². The third kappa shape index (κ3) is 4.04. The molecule has 1 saturated heterocycles. The summed E-state index contributed by atoms with van der Waals surface area (Å²) in [6.45, 7) is 3.57. The Kier molecular flexibility index (Phi) is 5.78. The van der Waals surface area contributed by atoms with E-state index in [1.54, 1.807) is 7.11 Å². The van der Waals surface area contributed by atoms with Crippen molar-refractivity contribution < 1.29 is 14.3 Å². The molecule has 2 fully saturated rings. The molecule has 5 nitrogen and oxygen atoms in total. The van der Waals surface area contributed by atoms with Crippen molar-refractivity contribution in [3.8, 4) is 0 Å². The van der Waals surface area contributed by atoms with E-state index in [2.05, 4.69) is 39.9 Å². The maximum Gasteiger partial charge on any atom is 0.246 e. The van der Waals surface area contributed by atoms with Crippen LogP contribution in [0.2, 0.25) is 0 Å². The number of fused-ring (bicyclic) bond motifs is 1. The molecule has 0 unspecified atom stereocenters. The molecular formula is C21H28N2O3S. The van der Waals surface area contributed by atoms with Crippen LogP contribution in [0.1, 0.15) is 31.2 Å². The zero-order chi connectivity index (χ0) is 18.7. The normalized spacial score (nSPS) is 26.5. The van der Waals surface area contributed by atoms with Gasteiger partial charge in [0.1, 0.15) is 12.2 Å². The highest BCUT2D eigenvalue weighted by molar-refractivity contribution is 7.17. The Bertz CT molecular complexity index is 789. The number of hydrogen-bond acceptors (Lipinski definition) is 5. The van der Waals surface area contributed by atoms with Gasteiger partial charge in [-0.25, -0.2) is 0 Å². The van der Waals surface area contributed by atoms with E-state index in [1.165, 1.54) is 15.6 Å². The second-order valence-corrected chi connectivity index (χ2v) is 8.59. The van der Waals surface area contributed by atoms with Crippen LogP contribution in [-0.4, -0.2) is 55.9 Å². The fraction of sp³-hybridized carbons (Fsp3) is 0.571. The van der Waals surface area contributed by atoms with E-state index in [4.69, 9.17) is 9.47 Å². The Morgan fingerprint density at radius 2 is 2.30 bits per heavy atom. The zero-order valence-electron chi connectivity index (χ0n) is 15.9. The van der Waals surface area contributed by atoms with Crippen LogP contribution in [-0.2, 0) is 20.8 Å². The van der Waals surface area contributed by atoms with Gasteiger partial charge in [-0.3, -0.25) is 9.69 Å². The molecule has 146 valence electrons. The number of carbonyl (C=O) groups is 1. The number of ether oxygens (including phenoxy) is 2. The first-order valence-electron chi connectivity index (χ1n) is 9.80. The molecule has 6 heteroatoms. The smallest absolute Gasteiger partial charge is 0.246 e. The van der Waals surface area contributed by atoms with Crippen molar-refractivity contribution in [3.05, 3.63) is 35.2 Å².